The van der Waals surface area contributed by atoms with Crippen molar-refractivity contribution < 1.29 is 0 Å². The van der Waals surface area contributed by atoms with Crippen LogP contribution in [0.3, 0.4) is 0 Å². The van der Waals surface area contributed by atoms with Gasteiger partial charge < -0.3 is 0 Å². The van der Waals surface area contributed by atoms with Crippen LogP contribution in [0.25, 0.3) is 22.3 Å². The number of nitrogens with zero attached hydrogens (tertiary/aromatic N) is 1. The first-order valence-electron chi connectivity index (χ1n) is 7.28. The number of hydrogen-bond donors (Lipinski definition) is 2. The molecule has 1 atom stereocenters. The van der Waals surface area contributed by atoms with Gasteiger partial charge in [-0.2, -0.15) is 12.6 Å². The Bertz CT molecular complexity index is 922. The molecule has 0 heterocycles. The van der Waals surface area contributed by atoms with Crippen molar-refractivity contribution in [3.8, 4) is 22.3 Å². The Morgan fingerprint density at radius 1 is 0.870 bits per heavy atom. The molecule has 23 heavy (non-hydrogen) atoms. The average molecular weight is 335 g/mol. The van der Waals surface area contributed by atoms with Crippen molar-refractivity contribution >= 4 is 30.9 Å². The summed E-state index contributed by atoms with van der Waals surface area (Å²) in [5.41, 5.74) is 6.48. The van der Waals surface area contributed by atoms with Crippen LogP contribution in [0, 0.1) is 4.91 Å². The third kappa shape index (κ3) is 2.13. The van der Waals surface area contributed by atoms with Gasteiger partial charge in [-0.25, -0.2) is 0 Å². The van der Waals surface area contributed by atoms with E-state index in [0.29, 0.717) is 10.6 Å². The standard InChI is InChI=1S/C19H13NOS2/c21-20-17-14(11-6-2-1-3-7-11)10-15-12-8-4-5-9-13(12)18(22)16(15)19(17)23/h1-10,18,22-23H. The largest absolute Gasteiger partial charge is 0.166 e. The van der Waals surface area contributed by atoms with Crippen LogP contribution in [0.5, 0.6) is 0 Å². The Balaban J connectivity index is 2.06. The highest BCUT2D eigenvalue weighted by atomic mass is 32.1. The van der Waals surface area contributed by atoms with Gasteiger partial charge >= 0.3 is 0 Å². The maximum Gasteiger partial charge on any atom is 0.129 e. The second-order valence-corrected chi connectivity index (χ2v) is 6.49. The first-order chi connectivity index (χ1) is 11.2. The zero-order chi connectivity index (χ0) is 16.0. The first-order valence-corrected chi connectivity index (χ1v) is 8.24. The number of thiol groups is 2. The summed E-state index contributed by atoms with van der Waals surface area (Å²) in [5.74, 6) is 0. The van der Waals surface area contributed by atoms with E-state index < -0.39 is 0 Å². The fourth-order valence-corrected chi connectivity index (χ4v) is 4.25. The van der Waals surface area contributed by atoms with E-state index >= 15 is 0 Å². The molecule has 0 aromatic heterocycles. The van der Waals surface area contributed by atoms with Crippen molar-refractivity contribution in [3.63, 3.8) is 0 Å². The molecule has 0 spiro atoms. The summed E-state index contributed by atoms with van der Waals surface area (Å²) in [6.07, 6.45) is 0. The van der Waals surface area contributed by atoms with Crippen LogP contribution in [0.2, 0.25) is 0 Å². The molecule has 4 heteroatoms. The molecule has 2 nitrogen and oxygen atoms in total. The lowest BCUT2D eigenvalue weighted by molar-refractivity contribution is 1.16. The Morgan fingerprint density at radius 2 is 1.57 bits per heavy atom. The molecule has 3 aromatic rings. The quantitative estimate of drug-likeness (QED) is 0.434. The summed E-state index contributed by atoms with van der Waals surface area (Å²) in [6, 6.07) is 20.0. The fourth-order valence-electron chi connectivity index (χ4n) is 3.24. The van der Waals surface area contributed by atoms with Crippen LogP contribution < -0.4 is 0 Å². The van der Waals surface area contributed by atoms with Crippen LogP contribution in [0.15, 0.2) is 70.7 Å². The summed E-state index contributed by atoms with van der Waals surface area (Å²) in [5, 5.41) is 3.18. The van der Waals surface area contributed by atoms with Gasteiger partial charge in [0.15, 0.2) is 0 Å². The Morgan fingerprint density at radius 3 is 2.30 bits per heavy atom. The highest BCUT2D eigenvalue weighted by Crippen LogP contribution is 2.53. The van der Waals surface area contributed by atoms with Crippen LogP contribution in [-0.2, 0) is 0 Å². The molecule has 0 aliphatic heterocycles. The maximum absolute atomic E-state index is 11.5. The Labute approximate surface area is 145 Å². The van der Waals surface area contributed by atoms with Gasteiger partial charge in [0.25, 0.3) is 0 Å². The number of fused-ring (bicyclic) bond motifs is 3. The predicted octanol–water partition coefficient (Wildman–Crippen LogP) is 6.04. The lowest BCUT2D eigenvalue weighted by Crippen LogP contribution is -1.91. The molecule has 0 amide bonds. The zero-order valence-corrected chi connectivity index (χ0v) is 13.9. The number of rotatable bonds is 2. The zero-order valence-electron chi connectivity index (χ0n) is 12.1. The molecule has 0 saturated carbocycles. The summed E-state index contributed by atoms with van der Waals surface area (Å²) in [6.45, 7) is 0. The van der Waals surface area contributed by atoms with E-state index in [-0.39, 0.29) is 5.25 Å². The summed E-state index contributed by atoms with van der Waals surface area (Å²) >= 11 is 9.36. The number of hydrogen-bond acceptors (Lipinski definition) is 4. The second-order valence-electron chi connectivity index (χ2n) is 5.53. The lowest BCUT2D eigenvalue weighted by atomic mass is 9.96. The van der Waals surface area contributed by atoms with Crippen molar-refractivity contribution in [2.24, 2.45) is 5.18 Å². The molecular weight excluding hydrogens is 322 g/mol. The van der Waals surface area contributed by atoms with Crippen LogP contribution in [0.4, 0.5) is 5.69 Å². The van der Waals surface area contributed by atoms with E-state index in [4.69, 9.17) is 12.6 Å². The van der Waals surface area contributed by atoms with Crippen molar-refractivity contribution in [2.45, 2.75) is 10.1 Å². The molecule has 1 unspecified atom stereocenters. The van der Waals surface area contributed by atoms with Crippen molar-refractivity contribution in [3.05, 3.63) is 76.7 Å². The van der Waals surface area contributed by atoms with E-state index in [9.17, 15) is 4.91 Å². The number of benzene rings is 3. The Kier molecular flexibility index (Phi) is 3.51. The van der Waals surface area contributed by atoms with Gasteiger partial charge in [0.05, 0.1) is 5.25 Å². The maximum atomic E-state index is 11.5. The van der Waals surface area contributed by atoms with Crippen molar-refractivity contribution in [1.29, 1.82) is 0 Å². The molecule has 3 aromatic carbocycles. The van der Waals surface area contributed by atoms with Crippen molar-refractivity contribution in [2.75, 3.05) is 0 Å². The molecule has 1 aliphatic rings. The SMILES string of the molecule is O=Nc1c(-c2ccccc2)cc2c(c1S)C(S)c1ccccc1-2. The first kappa shape index (κ1) is 14.5. The predicted molar refractivity (Wildman–Crippen MR) is 101 cm³/mol. The molecule has 0 fully saturated rings. The van der Waals surface area contributed by atoms with Gasteiger partial charge in [0.1, 0.15) is 5.69 Å². The molecule has 112 valence electrons. The van der Waals surface area contributed by atoms with Gasteiger partial charge in [0.2, 0.25) is 0 Å². The van der Waals surface area contributed by atoms with E-state index in [1.807, 2.05) is 48.5 Å². The minimum absolute atomic E-state index is 0.0842. The lowest BCUT2D eigenvalue weighted by Gasteiger charge is -2.14. The number of nitroso groups, excluding NO2 is 1. The molecule has 0 saturated heterocycles. The van der Waals surface area contributed by atoms with E-state index in [1.54, 1.807) is 0 Å². The molecular formula is C19H13NOS2. The minimum Gasteiger partial charge on any atom is -0.166 e. The third-order valence-corrected chi connectivity index (χ3v) is 5.30. The smallest absolute Gasteiger partial charge is 0.129 e. The summed E-state index contributed by atoms with van der Waals surface area (Å²) in [7, 11) is 0. The summed E-state index contributed by atoms with van der Waals surface area (Å²) < 4.78 is 0. The van der Waals surface area contributed by atoms with E-state index in [2.05, 4.69) is 29.9 Å². The topological polar surface area (TPSA) is 29.4 Å². The van der Waals surface area contributed by atoms with E-state index in [1.165, 1.54) is 0 Å². The fraction of sp³-hybridized carbons (Fsp3) is 0.0526. The van der Waals surface area contributed by atoms with Gasteiger partial charge in [-0.05, 0) is 39.1 Å². The minimum atomic E-state index is -0.0842. The molecule has 0 bridgehead atoms. The highest BCUT2D eigenvalue weighted by molar-refractivity contribution is 7.81. The molecule has 0 radical (unpaired) electrons. The molecule has 1 aliphatic carbocycles. The third-order valence-electron chi connectivity index (χ3n) is 4.31. The van der Waals surface area contributed by atoms with Crippen molar-refractivity contribution in [1.82, 2.24) is 0 Å². The normalized spacial score (nSPS) is 15.1. The van der Waals surface area contributed by atoms with Gasteiger partial charge in [-0.1, -0.05) is 54.6 Å². The van der Waals surface area contributed by atoms with Gasteiger partial charge in [0, 0.05) is 10.5 Å². The van der Waals surface area contributed by atoms with Gasteiger partial charge in [-0.15, -0.1) is 17.5 Å². The van der Waals surface area contributed by atoms with Crippen LogP contribution >= 0.6 is 25.3 Å². The monoisotopic (exact) mass is 335 g/mol. The van der Waals surface area contributed by atoms with Crippen LogP contribution in [0.1, 0.15) is 16.4 Å². The van der Waals surface area contributed by atoms with E-state index in [0.717, 1.165) is 33.4 Å². The molecule has 4 rings (SSSR count). The molecule has 0 N–H and O–H groups in total. The average Bonchev–Trinajstić information content (AvgIpc) is 2.89. The second kappa shape index (κ2) is 5.55. The Hall–Kier alpha value is -2.04. The highest BCUT2D eigenvalue weighted by Gasteiger charge is 2.30. The van der Waals surface area contributed by atoms with Gasteiger partial charge in [-0.3, -0.25) is 0 Å². The van der Waals surface area contributed by atoms with Crippen LogP contribution in [-0.4, -0.2) is 0 Å². The summed E-state index contributed by atoms with van der Waals surface area (Å²) in [4.78, 5) is 12.1.